The van der Waals surface area contributed by atoms with Gasteiger partial charge in [0.2, 0.25) is 5.91 Å². The Bertz CT molecular complexity index is 512. The molecule has 1 amide bonds. The first kappa shape index (κ1) is 16.2. The summed E-state index contributed by atoms with van der Waals surface area (Å²) in [5, 5.41) is 16.9. The minimum Gasteiger partial charge on any atom is -0.379 e. The van der Waals surface area contributed by atoms with Crippen molar-refractivity contribution in [3.8, 4) is 0 Å². The Kier molecular flexibility index (Phi) is 5.33. The normalized spacial score (nSPS) is 11.0. The summed E-state index contributed by atoms with van der Waals surface area (Å²) >= 11 is 5.81. The maximum Gasteiger partial charge on any atom is 0.292 e. The molecular weight excluding hydrogens is 282 g/mol. The number of carbonyl (C=O) groups excluding carboxylic acids is 1. The van der Waals surface area contributed by atoms with E-state index in [1.54, 1.807) is 0 Å². The van der Waals surface area contributed by atoms with Gasteiger partial charge in [0.25, 0.3) is 5.69 Å². The molecule has 6 nitrogen and oxygen atoms in total. The molecule has 0 atom stereocenters. The molecule has 0 bridgehead atoms. The number of nitrogens with zero attached hydrogens (tertiary/aromatic N) is 1. The summed E-state index contributed by atoms with van der Waals surface area (Å²) in [6, 6.07) is 4.26. The van der Waals surface area contributed by atoms with Crippen molar-refractivity contribution in [2.75, 3.05) is 11.9 Å². The molecule has 0 unspecified atom stereocenters. The third-order valence-electron chi connectivity index (χ3n) is 2.34. The van der Waals surface area contributed by atoms with Gasteiger partial charge in [0, 0.05) is 29.6 Å². The Morgan fingerprint density at radius 3 is 2.60 bits per heavy atom. The van der Waals surface area contributed by atoms with E-state index in [-0.39, 0.29) is 23.6 Å². The molecule has 0 saturated heterocycles. The second-order valence-corrected chi connectivity index (χ2v) is 5.83. The van der Waals surface area contributed by atoms with Crippen molar-refractivity contribution in [1.82, 2.24) is 5.32 Å². The van der Waals surface area contributed by atoms with Crippen LogP contribution in [0.25, 0.3) is 0 Å². The molecule has 2 N–H and O–H groups in total. The quantitative estimate of drug-likeness (QED) is 0.646. The highest BCUT2D eigenvalue weighted by Crippen LogP contribution is 2.27. The van der Waals surface area contributed by atoms with Crippen LogP contribution in [0.5, 0.6) is 0 Å². The molecule has 0 radical (unpaired) electrons. The third-order valence-corrected chi connectivity index (χ3v) is 2.57. The topological polar surface area (TPSA) is 84.3 Å². The number of hydrogen-bond donors (Lipinski definition) is 2. The number of nitrogens with one attached hydrogen (secondary N) is 2. The molecule has 0 aromatic heterocycles. The molecule has 0 spiro atoms. The van der Waals surface area contributed by atoms with Gasteiger partial charge in [-0.2, -0.15) is 0 Å². The lowest BCUT2D eigenvalue weighted by molar-refractivity contribution is -0.384. The van der Waals surface area contributed by atoms with E-state index in [9.17, 15) is 14.9 Å². The van der Waals surface area contributed by atoms with Gasteiger partial charge in [0.05, 0.1) is 4.92 Å². The van der Waals surface area contributed by atoms with Crippen LogP contribution in [-0.4, -0.2) is 22.9 Å². The number of rotatable bonds is 5. The van der Waals surface area contributed by atoms with Gasteiger partial charge in [-0.1, -0.05) is 11.6 Å². The number of anilines is 1. The average Bonchev–Trinajstić information content (AvgIpc) is 2.26. The fourth-order valence-electron chi connectivity index (χ4n) is 1.60. The van der Waals surface area contributed by atoms with Crippen LogP contribution in [0.3, 0.4) is 0 Å². The number of carbonyl (C=O) groups is 1. The summed E-state index contributed by atoms with van der Waals surface area (Å²) in [4.78, 5) is 22.0. The smallest absolute Gasteiger partial charge is 0.292 e. The number of hydrogen-bond acceptors (Lipinski definition) is 4. The number of nitro groups is 1. The van der Waals surface area contributed by atoms with Crippen LogP contribution in [0, 0.1) is 10.1 Å². The van der Waals surface area contributed by atoms with E-state index in [0.717, 1.165) is 0 Å². The first-order chi connectivity index (χ1) is 9.19. The monoisotopic (exact) mass is 299 g/mol. The van der Waals surface area contributed by atoms with Crippen LogP contribution in [0.2, 0.25) is 5.02 Å². The molecule has 0 aliphatic carbocycles. The van der Waals surface area contributed by atoms with E-state index < -0.39 is 4.92 Å². The van der Waals surface area contributed by atoms with E-state index in [4.69, 9.17) is 11.6 Å². The number of nitro benzene ring substituents is 1. The summed E-state index contributed by atoms with van der Waals surface area (Å²) < 4.78 is 0. The molecule has 1 aromatic rings. The maximum atomic E-state index is 11.6. The molecular formula is C13H18ClN3O3. The van der Waals surface area contributed by atoms with Crippen molar-refractivity contribution in [2.45, 2.75) is 32.7 Å². The highest BCUT2D eigenvalue weighted by molar-refractivity contribution is 6.31. The molecule has 0 saturated carbocycles. The largest absolute Gasteiger partial charge is 0.379 e. The van der Waals surface area contributed by atoms with Crippen LogP contribution in [-0.2, 0) is 4.79 Å². The van der Waals surface area contributed by atoms with Crippen molar-refractivity contribution < 1.29 is 9.72 Å². The van der Waals surface area contributed by atoms with Crippen molar-refractivity contribution in [2.24, 2.45) is 0 Å². The SMILES string of the molecule is CC(C)(C)NC(=O)CCNc1cc(Cl)ccc1[N+](=O)[O-]. The Hall–Kier alpha value is -1.82. The molecule has 0 aliphatic rings. The summed E-state index contributed by atoms with van der Waals surface area (Å²) in [6.07, 6.45) is 0.223. The van der Waals surface area contributed by atoms with Gasteiger partial charge in [-0.05, 0) is 32.9 Å². The zero-order valence-corrected chi connectivity index (χ0v) is 12.5. The predicted molar refractivity (Wildman–Crippen MR) is 79.1 cm³/mol. The summed E-state index contributed by atoms with van der Waals surface area (Å²) in [5.41, 5.74) is -0.0456. The fraction of sp³-hybridized carbons (Fsp3) is 0.462. The van der Waals surface area contributed by atoms with Crippen molar-refractivity contribution >= 4 is 28.9 Å². The fourth-order valence-corrected chi connectivity index (χ4v) is 1.77. The lowest BCUT2D eigenvalue weighted by atomic mass is 10.1. The average molecular weight is 300 g/mol. The van der Waals surface area contributed by atoms with Gasteiger partial charge in [-0.3, -0.25) is 14.9 Å². The molecule has 0 heterocycles. The van der Waals surface area contributed by atoms with Crippen LogP contribution in [0.15, 0.2) is 18.2 Å². The summed E-state index contributed by atoms with van der Waals surface area (Å²) in [7, 11) is 0. The van der Waals surface area contributed by atoms with Crippen molar-refractivity contribution in [3.63, 3.8) is 0 Å². The Morgan fingerprint density at radius 2 is 2.05 bits per heavy atom. The minimum atomic E-state index is -0.492. The lowest BCUT2D eigenvalue weighted by Crippen LogP contribution is -2.41. The molecule has 1 aromatic carbocycles. The van der Waals surface area contributed by atoms with Crippen LogP contribution in [0.4, 0.5) is 11.4 Å². The Morgan fingerprint density at radius 1 is 1.40 bits per heavy atom. The molecule has 110 valence electrons. The molecule has 0 fully saturated rings. The van der Waals surface area contributed by atoms with Gasteiger partial charge < -0.3 is 10.6 Å². The van der Waals surface area contributed by atoms with Gasteiger partial charge in [-0.15, -0.1) is 0 Å². The second kappa shape index (κ2) is 6.56. The van der Waals surface area contributed by atoms with Crippen LogP contribution >= 0.6 is 11.6 Å². The molecule has 7 heteroatoms. The van der Waals surface area contributed by atoms with Gasteiger partial charge in [0.15, 0.2) is 0 Å². The second-order valence-electron chi connectivity index (χ2n) is 5.39. The standard InChI is InChI=1S/C13H18ClN3O3/c1-13(2,3)16-12(18)6-7-15-10-8-9(14)4-5-11(10)17(19)20/h4-5,8,15H,6-7H2,1-3H3,(H,16,18). The predicted octanol–water partition coefficient (Wildman–Crippen LogP) is 2.96. The zero-order chi connectivity index (χ0) is 15.3. The van der Waals surface area contributed by atoms with Gasteiger partial charge >= 0.3 is 0 Å². The molecule has 0 aliphatic heterocycles. The van der Waals surface area contributed by atoms with Gasteiger partial charge in [0.1, 0.15) is 5.69 Å². The minimum absolute atomic E-state index is 0.0642. The highest BCUT2D eigenvalue weighted by atomic mass is 35.5. The molecule has 20 heavy (non-hydrogen) atoms. The van der Waals surface area contributed by atoms with E-state index >= 15 is 0 Å². The van der Waals surface area contributed by atoms with Crippen molar-refractivity contribution in [3.05, 3.63) is 33.3 Å². The summed E-state index contributed by atoms with van der Waals surface area (Å²) in [6.45, 7) is 5.96. The maximum absolute atomic E-state index is 11.6. The first-order valence-electron chi connectivity index (χ1n) is 6.18. The van der Waals surface area contributed by atoms with E-state index in [0.29, 0.717) is 17.3 Å². The highest BCUT2D eigenvalue weighted by Gasteiger charge is 2.15. The van der Waals surface area contributed by atoms with E-state index in [1.165, 1.54) is 18.2 Å². The number of benzene rings is 1. The Balaban J connectivity index is 2.60. The third kappa shape index (κ3) is 5.44. The number of amides is 1. The van der Waals surface area contributed by atoms with Crippen LogP contribution < -0.4 is 10.6 Å². The molecule has 1 rings (SSSR count). The Labute approximate surface area is 122 Å². The van der Waals surface area contributed by atoms with E-state index in [2.05, 4.69) is 10.6 Å². The first-order valence-corrected chi connectivity index (χ1v) is 6.55. The van der Waals surface area contributed by atoms with Crippen molar-refractivity contribution in [1.29, 1.82) is 0 Å². The number of halogens is 1. The van der Waals surface area contributed by atoms with Gasteiger partial charge in [-0.25, -0.2) is 0 Å². The lowest BCUT2D eigenvalue weighted by Gasteiger charge is -2.20. The summed E-state index contributed by atoms with van der Waals surface area (Å²) in [5.74, 6) is -0.116. The van der Waals surface area contributed by atoms with Crippen LogP contribution in [0.1, 0.15) is 27.2 Å². The zero-order valence-electron chi connectivity index (χ0n) is 11.7. The van der Waals surface area contributed by atoms with E-state index in [1.807, 2.05) is 20.8 Å².